The maximum absolute atomic E-state index is 12.7. The summed E-state index contributed by atoms with van der Waals surface area (Å²) in [6, 6.07) is 8.93. The van der Waals surface area contributed by atoms with Crippen molar-refractivity contribution < 1.29 is 9.53 Å². The second kappa shape index (κ2) is 6.89. The van der Waals surface area contributed by atoms with Crippen LogP contribution >= 0.6 is 11.3 Å². The molecule has 0 spiro atoms. The van der Waals surface area contributed by atoms with Crippen LogP contribution in [0.1, 0.15) is 22.0 Å². The molecule has 0 radical (unpaired) electrons. The minimum atomic E-state index is -0.548. The van der Waals surface area contributed by atoms with Gasteiger partial charge in [0.1, 0.15) is 16.4 Å². The third-order valence-electron chi connectivity index (χ3n) is 4.29. The van der Waals surface area contributed by atoms with Crippen LogP contribution in [0.4, 0.5) is 0 Å². The minimum Gasteiger partial charge on any atom is -0.497 e. The Morgan fingerprint density at radius 1 is 1.25 bits per heavy atom. The highest BCUT2D eigenvalue weighted by Gasteiger charge is 2.20. The second-order valence-electron chi connectivity index (χ2n) is 6.02. The van der Waals surface area contributed by atoms with Gasteiger partial charge >= 0.3 is 0 Å². The summed E-state index contributed by atoms with van der Waals surface area (Å²) in [6.07, 6.45) is 0. The van der Waals surface area contributed by atoms with E-state index in [4.69, 9.17) is 4.74 Å². The van der Waals surface area contributed by atoms with Crippen LogP contribution in [-0.4, -0.2) is 37.7 Å². The van der Waals surface area contributed by atoms with Gasteiger partial charge in [-0.25, -0.2) is 14.3 Å². The van der Waals surface area contributed by atoms with E-state index >= 15 is 0 Å². The monoisotopic (exact) mass is 396 g/mol. The molecule has 3 aromatic heterocycles. The standard InChI is InChI=1S/C18H16N6O3S/c1-10-15(20-22-23(10)12-5-4-6-13(9-12)27-3)16(25)21-24-11(2)19-17-14(18(24)26)7-8-28-17/h4-9H,1-3H3,(H,21,25). The zero-order chi connectivity index (χ0) is 19.8. The zero-order valence-electron chi connectivity index (χ0n) is 15.3. The highest BCUT2D eigenvalue weighted by molar-refractivity contribution is 7.16. The van der Waals surface area contributed by atoms with Gasteiger partial charge in [0.05, 0.1) is 23.9 Å². The van der Waals surface area contributed by atoms with Crippen molar-refractivity contribution in [1.29, 1.82) is 0 Å². The molecule has 1 amide bonds. The van der Waals surface area contributed by atoms with Crippen LogP contribution in [0.5, 0.6) is 5.75 Å². The first-order valence-electron chi connectivity index (χ1n) is 8.34. The molecular weight excluding hydrogens is 380 g/mol. The maximum atomic E-state index is 12.7. The summed E-state index contributed by atoms with van der Waals surface area (Å²) < 4.78 is 7.88. The Morgan fingerprint density at radius 3 is 2.86 bits per heavy atom. The summed E-state index contributed by atoms with van der Waals surface area (Å²) in [7, 11) is 1.57. The molecule has 3 heterocycles. The molecule has 0 aliphatic carbocycles. The molecule has 0 unspecified atom stereocenters. The first kappa shape index (κ1) is 17.9. The van der Waals surface area contributed by atoms with E-state index < -0.39 is 5.91 Å². The van der Waals surface area contributed by atoms with Crippen molar-refractivity contribution in [2.24, 2.45) is 0 Å². The number of aryl methyl sites for hydroxylation is 1. The molecule has 0 saturated heterocycles. The quantitative estimate of drug-likeness (QED) is 0.566. The molecule has 0 bridgehead atoms. The molecule has 0 saturated carbocycles. The number of carbonyl (C=O) groups is 1. The van der Waals surface area contributed by atoms with Crippen LogP contribution in [-0.2, 0) is 0 Å². The largest absolute Gasteiger partial charge is 0.497 e. The lowest BCUT2D eigenvalue weighted by Crippen LogP contribution is -2.35. The zero-order valence-corrected chi connectivity index (χ0v) is 16.1. The predicted molar refractivity (Wildman–Crippen MR) is 105 cm³/mol. The molecule has 0 aliphatic heterocycles. The first-order valence-corrected chi connectivity index (χ1v) is 9.22. The topological polar surface area (TPSA) is 104 Å². The number of fused-ring (bicyclic) bond motifs is 1. The van der Waals surface area contributed by atoms with Crippen LogP contribution in [0.15, 0.2) is 40.5 Å². The van der Waals surface area contributed by atoms with E-state index in [0.717, 1.165) is 4.68 Å². The highest BCUT2D eigenvalue weighted by Crippen LogP contribution is 2.18. The average molecular weight is 396 g/mol. The average Bonchev–Trinajstić information content (AvgIpc) is 3.31. The van der Waals surface area contributed by atoms with E-state index in [1.165, 1.54) is 16.0 Å². The van der Waals surface area contributed by atoms with E-state index in [9.17, 15) is 9.59 Å². The van der Waals surface area contributed by atoms with E-state index in [-0.39, 0.29) is 11.3 Å². The van der Waals surface area contributed by atoms with Crippen LogP contribution in [0.25, 0.3) is 15.9 Å². The number of methoxy groups -OCH3 is 1. The molecule has 0 atom stereocenters. The Labute approximate surface area is 163 Å². The van der Waals surface area contributed by atoms with Gasteiger partial charge in [-0.05, 0) is 37.4 Å². The Hall–Kier alpha value is -3.53. The normalized spacial score (nSPS) is 11.0. The van der Waals surface area contributed by atoms with Gasteiger partial charge in [0.25, 0.3) is 11.5 Å². The molecule has 28 heavy (non-hydrogen) atoms. The molecule has 1 aromatic carbocycles. The number of aromatic nitrogens is 5. The summed E-state index contributed by atoms with van der Waals surface area (Å²) in [5, 5.41) is 10.3. The fourth-order valence-corrected chi connectivity index (χ4v) is 3.63. The van der Waals surface area contributed by atoms with Crippen molar-refractivity contribution in [3.63, 3.8) is 0 Å². The summed E-state index contributed by atoms with van der Waals surface area (Å²) in [5.74, 6) is 0.495. The van der Waals surface area contributed by atoms with Gasteiger partial charge in [-0.3, -0.25) is 15.0 Å². The van der Waals surface area contributed by atoms with Gasteiger partial charge in [0.2, 0.25) is 0 Å². The SMILES string of the molecule is COc1cccc(-n2nnc(C(=O)Nn3c(C)nc4sccc4c3=O)c2C)c1. The molecule has 142 valence electrons. The molecular formula is C18H16N6O3S. The van der Waals surface area contributed by atoms with Gasteiger partial charge in [-0.15, -0.1) is 16.4 Å². The molecule has 4 aromatic rings. The molecule has 0 fully saturated rings. The number of rotatable bonds is 4. The van der Waals surface area contributed by atoms with E-state index in [2.05, 4.69) is 20.7 Å². The number of hydrogen-bond acceptors (Lipinski definition) is 7. The highest BCUT2D eigenvalue weighted by atomic mass is 32.1. The van der Waals surface area contributed by atoms with Gasteiger partial charge < -0.3 is 4.74 Å². The van der Waals surface area contributed by atoms with Crippen molar-refractivity contribution in [2.75, 3.05) is 12.5 Å². The number of benzene rings is 1. The smallest absolute Gasteiger partial charge is 0.292 e. The third-order valence-corrected chi connectivity index (χ3v) is 5.09. The Balaban J connectivity index is 1.68. The summed E-state index contributed by atoms with van der Waals surface area (Å²) in [6.45, 7) is 3.38. The minimum absolute atomic E-state index is 0.111. The number of nitrogens with zero attached hydrogens (tertiary/aromatic N) is 5. The maximum Gasteiger partial charge on any atom is 0.292 e. The summed E-state index contributed by atoms with van der Waals surface area (Å²) >= 11 is 1.37. The van der Waals surface area contributed by atoms with Crippen molar-refractivity contribution in [3.05, 3.63) is 63.3 Å². The Bertz CT molecular complexity index is 1260. The molecule has 4 rings (SSSR count). The number of thiophene rings is 1. The fourth-order valence-electron chi connectivity index (χ4n) is 2.83. The number of ether oxygens (including phenoxy) is 1. The van der Waals surface area contributed by atoms with Crippen molar-refractivity contribution >= 4 is 27.5 Å². The van der Waals surface area contributed by atoms with Crippen molar-refractivity contribution in [1.82, 2.24) is 24.7 Å². The molecule has 10 heteroatoms. The lowest BCUT2D eigenvalue weighted by Gasteiger charge is -2.10. The van der Waals surface area contributed by atoms with Crippen LogP contribution < -0.4 is 15.7 Å². The lowest BCUT2D eigenvalue weighted by molar-refractivity contribution is 0.100. The van der Waals surface area contributed by atoms with Gasteiger partial charge in [-0.2, -0.15) is 0 Å². The van der Waals surface area contributed by atoms with E-state index in [1.807, 2.05) is 18.2 Å². The number of amides is 1. The number of hydrogen-bond donors (Lipinski definition) is 1. The van der Waals surface area contributed by atoms with Crippen LogP contribution in [0.3, 0.4) is 0 Å². The Kier molecular flexibility index (Phi) is 4.40. The third kappa shape index (κ3) is 2.93. The van der Waals surface area contributed by atoms with Crippen molar-refractivity contribution in [3.8, 4) is 11.4 Å². The number of carbonyl (C=O) groups excluding carboxylic acids is 1. The molecule has 9 nitrogen and oxygen atoms in total. The predicted octanol–water partition coefficient (Wildman–Crippen LogP) is 2.05. The summed E-state index contributed by atoms with van der Waals surface area (Å²) in [5.41, 5.74) is 3.58. The Morgan fingerprint density at radius 2 is 2.07 bits per heavy atom. The van der Waals surface area contributed by atoms with Crippen LogP contribution in [0.2, 0.25) is 0 Å². The molecule has 0 aliphatic rings. The van der Waals surface area contributed by atoms with Gasteiger partial charge in [0, 0.05) is 6.07 Å². The first-order chi connectivity index (χ1) is 13.5. The lowest BCUT2D eigenvalue weighted by atomic mass is 10.2. The van der Waals surface area contributed by atoms with Gasteiger partial charge in [0.15, 0.2) is 5.69 Å². The summed E-state index contributed by atoms with van der Waals surface area (Å²) in [4.78, 5) is 30.3. The van der Waals surface area contributed by atoms with Gasteiger partial charge in [-0.1, -0.05) is 11.3 Å². The molecule has 1 N–H and O–H groups in total. The van der Waals surface area contributed by atoms with E-state index in [0.29, 0.717) is 33.2 Å². The second-order valence-corrected chi connectivity index (χ2v) is 6.91. The van der Waals surface area contributed by atoms with Crippen molar-refractivity contribution in [2.45, 2.75) is 13.8 Å². The van der Waals surface area contributed by atoms with Crippen LogP contribution in [0, 0.1) is 13.8 Å². The fraction of sp³-hybridized carbons (Fsp3) is 0.167. The van der Waals surface area contributed by atoms with E-state index in [1.54, 1.807) is 38.5 Å². The number of nitrogens with one attached hydrogen (secondary N) is 1.